The van der Waals surface area contributed by atoms with Gasteiger partial charge in [0.25, 0.3) is 5.91 Å². The van der Waals surface area contributed by atoms with Gasteiger partial charge in [-0.1, -0.05) is 5.21 Å². The number of nitriles is 1. The zero-order valence-corrected chi connectivity index (χ0v) is 12.2. The Bertz CT molecular complexity index is 748. The summed E-state index contributed by atoms with van der Waals surface area (Å²) >= 11 is 0. The fourth-order valence-electron chi connectivity index (χ4n) is 1.99. The fourth-order valence-corrected chi connectivity index (χ4v) is 1.99. The first-order valence-corrected chi connectivity index (χ1v) is 6.70. The number of pyridine rings is 1. The van der Waals surface area contributed by atoms with Gasteiger partial charge in [0.15, 0.2) is 5.65 Å². The average molecular weight is 326 g/mol. The van der Waals surface area contributed by atoms with Gasteiger partial charge in [-0.25, -0.2) is 9.67 Å². The second-order valence-electron chi connectivity index (χ2n) is 4.85. The minimum Gasteiger partial charge on any atom is -0.337 e. The van der Waals surface area contributed by atoms with Crippen LogP contribution in [0.25, 0.3) is 11.2 Å². The molecule has 2 aromatic heterocycles. The lowest BCUT2D eigenvalue weighted by atomic mass is 10.2. The molecule has 10 heteroatoms. The zero-order chi connectivity index (χ0) is 17.0. The largest absolute Gasteiger partial charge is 0.390 e. The molecule has 2 heterocycles. The smallest absolute Gasteiger partial charge is 0.337 e. The Morgan fingerprint density at radius 2 is 2.17 bits per heavy atom. The zero-order valence-electron chi connectivity index (χ0n) is 12.2. The third-order valence-corrected chi connectivity index (χ3v) is 3.13. The van der Waals surface area contributed by atoms with Crippen LogP contribution < -0.4 is 0 Å². The molecule has 0 unspecified atom stereocenters. The minimum atomic E-state index is -4.38. The molecule has 0 atom stereocenters. The molecule has 23 heavy (non-hydrogen) atoms. The van der Waals surface area contributed by atoms with E-state index in [1.54, 1.807) is 7.05 Å². The summed E-state index contributed by atoms with van der Waals surface area (Å²) in [6, 6.07) is 3.24. The van der Waals surface area contributed by atoms with Gasteiger partial charge in [-0.3, -0.25) is 4.79 Å². The minimum absolute atomic E-state index is 0.0512. The molecule has 0 saturated carbocycles. The van der Waals surface area contributed by atoms with Crippen molar-refractivity contribution < 1.29 is 18.0 Å². The molecule has 2 rings (SSSR count). The number of carbonyl (C=O) groups is 1. The first-order valence-electron chi connectivity index (χ1n) is 6.70. The molecule has 7 nitrogen and oxygen atoms in total. The molecule has 122 valence electrons. The maximum Gasteiger partial charge on any atom is 0.390 e. The van der Waals surface area contributed by atoms with Crippen molar-refractivity contribution in [1.82, 2.24) is 24.9 Å². The van der Waals surface area contributed by atoms with Gasteiger partial charge in [-0.15, -0.1) is 5.10 Å². The Morgan fingerprint density at radius 3 is 2.83 bits per heavy atom. The highest BCUT2D eigenvalue weighted by Gasteiger charge is 2.29. The van der Waals surface area contributed by atoms with E-state index in [2.05, 4.69) is 15.3 Å². The summed E-state index contributed by atoms with van der Waals surface area (Å²) in [4.78, 5) is 17.4. The summed E-state index contributed by atoms with van der Waals surface area (Å²) in [6.07, 6.45) is -4.30. The summed E-state index contributed by atoms with van der Waals surface area (Å²) < 4.78 is 38.6. The highest BCUT2D eigenvalue weighted by atomic mass is 19.4. The van der Waals surface area contributed by atoms with Crippen LogP contribution in [-0.2, 0) is 7.05 Å². The Hall–Kier alpha value is -2.70. The molecule has 0 fully saturated rings. The number of hydrogen-bond acceptors (Lipinski definition) is 5. The maximum atomic E-state index is 12.4. The highest BCUT2D eigenvalue weighted by molar-refractivity contribution is 5.96. The predicted molar refractivity (Wildman–Crippen MR) is 73.1 cm³/mol. The van der Waals surface area contributed by atoms with Gasteiger partial charge in [0, 0.05) is 26.3 Å². The van der Waals surface area contributed by atoms with E-state index < -0.39 is 25.0 Å². The molecule has 0 spiro atoms. The summed E-state index contributed by atoms with van der Waals surface area (Å²) in [5, 5.41) is 16.2. The van der Waals surface area contributed by atoms with Crippen molar-refractivity contribution in [3.63, 3.8) is 0 Å². The molecule has 0 aliphatic heterocycles. The van der Waals surface area contributed by atoms with E-state index in [0.717, 1.165) is 4.90 Å². The summed E-state index contributed by atoms with van der Waals surface area (Å²) in [5.41, 5.74) is 0.938. The SMILES string of the molecule is Cn1nnc2cc(C(=O)N(CCC#N)CCC(F)(F)F)cnc21. The molecule has 0 saturated heterocycles. The second-order valence-corrected chi connectivity index (χ2v) is 4.85. The molecular weight excluding hydrogens is 313 g/mol. The van der Waals surface area contributed by atoms with E-state index >= 15 is 0 Å². The lowest BCUT2D eigenvalue weighted by Crippen LogP contribution is -2.35. The fraction of sp³-hybridized carbons (Fsp3) is 0.462. The third kappa shape index (κ3) is 4.15. The van der Waals surface area contributed by atoms with Crippen LogP contribution in [0.15, 0.2) is 12.3 Å². The summed E-state index contributed by atoms with van der Waals surface area (Å²) in [6.45, 7) is -0.591. The number of nitrogens with zero attached hydrogens (tertiary/aromatic N) is 6. The topological polar surface area (TPSA) is 87.7 Å². The normalized spacial score (nSPS) is 11.4. The average Bonchev–Trinajstić information content (AvgIpc) is 2.86. The first kappa shape index (κ1) is 16.7. The number of fused-ring (bicyclic) bond motifs is 1. The van der Waals surface area contributed by atoms with Gasteiger partial charge in [-0.2, -0.15) is 18.4 Å². The van der Waals surface area contributed by atoms with Crippen molar-refractivity contribution in [2.45, 2.75) is 19.0 Å². The van der Waals surface area contributed by atoms with Crippen molar-refractivity contribution in [2.75, 3.05) is 13.1 Å². The third-order valence-electron chi connectivity index (χ3n) is 3.13. The van der Waals surface area contributed by atoms with Gasteiger partial charge in [0.2, 0.25) is 0 Å². The molecule has 0 aliphatic rings. The summed E-state index contributed by atoms with van der Waals surface area (Å²) in [7, 11) is 1.63. The van der Waals surface area contributed by atoms with Gasteiger partial charge < -0.3 is 4.90 Å². The Labute approximate surface area is 129 Å². The number of alkyl halides is 3. The van der Waals surface area contributed by atoms with Crippen LogP contribution >= 0.6 is 0 Å². The second kappa shape index (κ2) is 6.60. The van der Waals surface area contributed by atoms with Gasteiger partial charge >= 0.3 is 6.18 Å². The molecule has 2 aromatic rings. The van der Waals surface area contributed by atoms with E-state index in [9.17, 15) is 18.0 Å². The number of carbonyl (C=O) groups excluding carboxylic acids is 1. The van der Waals surface area contributed by atoms with E-state index in [0.29, 0.717) is 11.2 Å². The first-order chi connectivity index (χ1) is 10.8. The maximum absolute atomic E-state index is 12.4. The van der Waals surface area contributed by atoms with Crippen LogP contribution in [0.1, 0.15) is 23.2 Å². The number of aromatic nitrogens is 4. The van der Waals surface area contributed by atoms with Gasteiger partial charge in [-0.05, 0) is 6.07 Å². The van der Waals surface area contributed by atoms with Crippen LogP contribution in [0.4, 0.5) is 13.2 Å². The molecule has 0 radical (unpaired) electrons. The number of aryl methyl sites for hydroxylation is 1. The highest BCUT2D eigenvalue weighted by Crippen LogP contribution is 2.21. The Kier molecular flexibility index (Phi) is 4.78. The molecule has 0 aromatic carbocycles. The van der Waals surface area contributed by atoms with Crippen LogP contribution in [0.3, 0.4) is 0 Å². The van der Waals surface area contributed by atoms with Crippen LogP contribution in [-0.4, -0.2) is 50.1 Å². The predicted octanol–water partition coefficient (Wildman–Crippen LogP) is 1.67. The number of rotatable bonds is 5. The molecule has 0 N–H and O–H groups in total. The Morgan fingerprint density at radius 1 is 1.43 bits per heavy atom. The van der Waals surface area contributed by atoms with Crippen molar-refractivity contribution in [3.05, 3.63) is 17.8 Å². The monoisotopic (exact) mass is 326 g/mol. The van der Waals surface area contributed by atoms with E-state index in [1.807, 2.05) is 6.07 Å². The summed E-state index contributed by atoms with van der Waals surface area (Å²) in [5.74, 6) is -0.621. The Balaban J connectivity index is 2.21. The lowest BCUT2D eigenvalue weighted by Gasteiger charge is -2.22. The number of halogens is 3. The van der Waals surface area contributed by atoms with Gasteiger partial charge in [0.1, 0.15) is 5.52 Å². The van der Waals surface area contributed by atoms with Crippen LogP contribution in [0.2, 0.25) is 0 Å². The van der Waals surface area contributed by atoms with Crippen LogP contribution in [0.5, 0.6) is 0 Å². The molecule has 1 amide bonds. The van der Waals surface area contributed by atoms with Gasteiger partial charge in [0.05, 0.1) is 24.5 Å². The molecule has 0 bridgehead atoms. The van der Waals surface area contributed by atoms with E-state index in [-0.39, 0.29) is 18.5 Å². The number of amides is 1. The molecular formula is C13H13F3N6O. The number of hydrogen-bond donors (Lipinski definition) is 0. The van der Waals surface area contributed by atoms with Crippen molar-refractivity contribution in [2.24, 2.45) is 7.05 Å². The van der Waals surface area contributed by atoms with Crippen LogP contribution in [0, 0.1) is 11.3 Å². The van der Waals surface area contributed by atoms with Crippen molar-refractivity contribution in [1.29, 1.82) is 5.26 Å². The van der Waals surface area contributed by atoms with Crippen molar-refractivity contribution >= 4 is 17.1 Å². The quantitative estimate of drug-likeness (QED) is 0.834. The standard InChI is InChI=1S/C13H13F3N6O/c1-21-11-10(19-20-21)7-9(8-18-11)12(23)22(5-2-4-17)6-3-13(14,15)16/h7-8H,2-3,5-6H2,1H3. The van der Waals surface area contributed by atoms with Crippen molar-refractivity contribution in [3.8, 4) is 6.07 Å². The van der Waals surface area contributed by atoms with E-state index in [4.69, 9.17) is 5.26 Å². The lowest BCUT2D eigenvalue weighted by molar-refractivity contribution is -0.136. The van der Waals surface area contributed by atoms with E-state index in [1.165, 1.54) is 16.9 Å². The molecule has 0 aliphatic carbocycles.